The minimum absolute atomic E-state index is 0.271. The summed E-state index contributed by atoms with van der Waals surface area (Å²) in [6.07, 6.45) is -0.279. The van der Waals surface area contributed by atoms with Gasteiger partial charge in [-0.3, -0.25) is 0 Å². The molecule has 0 amide bonds. The van der Waals surface area contributed by atoms with Crippen LogP contribution in [0.2, 0.25) is 0 Å². The standard InChI is InChI=1S/C5H8N2O3/c1-3(9-2)4-6-7-5(8)10-4/h3H,1-2H3,(H,7,8). The highest BCUT2D eigenvalue weighted by atomic mass is 16.5. The second-order valence-corrected chi connectivity index (χ2v) is 1.83. The van der Waals surface area contributed by atoms with E-state index in [2.05, 4.69) is 14.6 Å². The zero-order valence-corrected chi connectivity index (χ0v) is 5.75. The van der Waals surface area contributed by atoms with Gasteiger partial charge in [-0.25, -0.2) is 9.89 Å². The first-order valence-electron chi connectivity index (χ1n) is 2.82. The lowest BCUT2D eigenvalue weighted by Crippen LogP contribution is -1.96. The molecule has 5 nitrogen and oxygen atoms in total. The third-order valence-electron chi connectivity index (χ3n) is 1.16. The van der Waals surface area contributed by atoms with Crippen molar-refractivity contribution in [2.24, 2.45) is 0 Å². The van der Waals surface area contributed by atoms with E-state index in [-0.39, 0.29) is 12.0 Å². The Hall–Kier alpha value is -1.10. The molecule has 0 aliphatic carbocycles. The number of H-pyrrole nitrogens is 1. The molecule has 1 atom stereocenters. The Morgan fingerprint density at radius 2 is 2.50 bits per heavy atom. The second-order valence-electron chi connectivity index (χ2n) is 1.83. The Morgan fingerprint density at radius 1 is 1.80 bits per heavy atom. The summed E-state index contributed by atoms with van der Waals surface area (Å²) in [7, 11) is 1.51. The van der Waals surface area contributed by atoms with Crippen LogP contribution in [0.15, 0.2) is 9.21 Å². The maximum atomic E-state index is 10.4. The van der Waals surface area contributed by atoms with Crippen molar-refractivity contribution in [3.63, 3.8) is 0 Å². The van der Waals surface area contributed by atoms with Gasteiger partial charge in [0.2, 0.25) is 5.89 Å². The predicted octanol–water partition coefficient (Wildman–Crippen LogP) is 0.0703. The number of nitrogens with one attached hydrogen (secondary N) is 1. The Morgan fingerprint density at radius 3 is 2.90 bits per heavy atom. The number of aromatic amines is 1. The smallest absolute Gasteiger partial charge is 0.390 e. The topological polar surface area (TPSA) is 68.1 Å². The van der Waals surface area contributed by atoms with Gasteiger partial charge in [-0.15, -0.1) is 5.10 Å². The monoisotopic (exact) mass is 144 g/mol. The Balaban J connectivity index is 2.84. The number of nitrogens with zero attached hydrogens (tertiary/aromatic N) is 1. The molecule has 1 heterocycles. The summed E-state index contributed by atoms with van der Waals surface area (Å²) in [5, 5.41) is 5.69. The van der Waals surface area contributed by atoms with Crippen LogP contribution in [0.5, 0.6) is 0 Å². The molecule has 0 spiro atoms. The van der Waals surface area contributed by atoms with Gasteiger partial charge in [0.25, 0.3) is 0 Å². The van der Waals surface area contributed by atoms with Crippen LogP contribution in [0, 0.1) is 0 Å². The van der Waals surface area contributed by atoms with E-state index in [1.165, 1.54) is 7.11 Å². The fourth-order valence-corrected chi connectivity index (χ4v) is 0.516. The van der Waals surface area contributed by atoms with E-state index in [0.29, 0.717) is 0 Å². The van der Waals surface area contributed by atoms with E-state index >= 15 is 0 Å². The van der Waals surface area contributed by atoms with Crippen molar-refractivity contribution in [1.29, 1.82) is 0 Å². The molecular weight excluding hydrogens is 136 g/mol. The molecule has 0 bridgehead atoms. The van der Waals surface area contributed by atoms with E-state index in [4.69, 9.17) is 4.74 Å². The van der Waals surface area contributed by atoms with Crippen molar-refractivity contribution >= 4 is 0 Å². The minimum Gasteiger partial charge on any atom is -0.390 e. The molecule has 1 N–H and O–H groups in total. The van der Waals surface area contributed by atoms with Crippen LogP contribution < -0.4 is 5.76 Å². The maximum Gasteiger partial charge on any atom is 0.434 e. The first-order chi connectivity index (χ1) is 4.74. The van der Waals surface area contributed by atoms with Crippen LogP contribution in [-0.4, -0.2) is 17.3 Å². The molecule has 0 radical (unpaired) electrons. The summed E-state index contributed by atoms with van der Waals surface area (Å²) in [6, 6.07) is 0. The van der Waals surface area contributed by atoms with Crippen LogP contribution >= 0.6 is 0 Å². The van der Waals surface area contributed by atoms with E-state index in [9.17, 15) is 4.79 Å². The number of hydrogen-bond donors (Lipinski definition) is 1. The van der Waals surface area contributed by atoms with Gasteiger partial charge in [0.1, 0.15) is 6.10 Å². The molecule has 1 aromatic rings. The molecule has 1 rings (SSSR count). The van der Waals surface area contributed by atoms with Gasteiger partial charge in [0.15, 0.2) is 0 Å². The molecule has 56 valence electrons. The average molecular weight is 144 g/mol. The molecule has 0 aliphatic rings. The predicted molar refractivity (Wildman–Crippen MR) is 32.5 cm³/mol. The third-order valence-corrected chi connectivity index (χ3v) is 1.16. The molecule has 1 aromatic heterocycles. The van der Waals surface area contributed by atoms with Crippen molar-refractivity contribution in [1.82, 2.24) is 10.2 Å². The van der Waals surface area contributed by atoms with Gasteiger partial charge < -0.3 is 9.15 Å². The second kappa shape index (κ2) is 2.66. The highest BCUT2D eigenvalue weighted by molar-refractivity contribution is 4.77. The van der Waals surface area contributed by atoms with Crippen LogP contribution in [0.4, 0.5) is 0 Å². The molecule has 0 aliphatic heterocycles. The highest BCUT2D eigenvalue weighted by Crippen LogP contribution is 2.08. The lowest BCUT2D eigenvalue weighted by Gasteiger charge is -2.00. The number of hydrogen-bond acceptors (Lipinski definition) is 4. The lowest BCUT2D eigenvalue weighted by atomic mass is 10.4. The van der Waals surface area contributed by atoms with E-state index in [0.717, 1.165) is 0 Å². The van der Waals surface area contributed by atoms with Gasteiger partial charge >= 0.3 is 5.76 Å². The molecule has 10 heavy (non-hydrogen) atoms. The molecule has 0 saturated carbocycles. The normalized spacial score (nSPS) is 13.4. The summed E-state index contributed by atoms with van der Waals surface area (Å²) in [4.78, 5) is 10.4. The average Bonchev–Trinajstić information content (AvgIpc) is 2.34. The number of ether oxygens (including phenoxy) is 1. The highest BCUT2D eigenvalue weighted by Gasteiger charge is 2.09. The molecule has 0 fully saturated rings. The molecule has 1 unspecified atom stereocenters. The van der Waals surface area contributed by atoms with Gasteiger partial charge in [-0.2, -0.15) is 0 Å². The zero-order chi connectivity index (χ0) is 7.56. The molecular formula is C5H8N2O3. The van der Waals surface area contributed by atoms with Crippen LogP contribution in [0.1, 0.15) is 18.9 Å². The minimum atomic E-state index is -0.557. The van der Waals surface area contributed by atoms with E-state index in [1.807, 2.05) is 0 Å². The summed E-state index contributed by atoms with van der Waals surface area (Å²) >= 11 is 0. The zero-order valence-electron chi connectivity index (χ0n) is 5.75. The molecule has 0 saturated heterocycles. The SMILES string of the molecule is COC(C)c1n[nH]c(=O)o1. The summed E-state index contributed by atoms with van der Waals surface area (Å²) in [5.74, 6) is -0.286. The summed E-state index contributed by atoms with van der Waals surface area (Å²) in [5.41, 5.74) is 0. The van der Waals surface area contributed by atoms with E-state index in [1.54, 1.807) is 6.92 Å². The Bertz CT molecular complexity index is 251. The van der Waals surface area contributed by atoms with Gasteiger partial charge in [-0.05, 0) is 6.92 Å². The Kier molecular flexibility index (Phi) is 1.86. The summed E-state index contributed by atoms with van der Waals surface area (Å²) < 4.78 is 9.42. The van der Waals surface area contributed by atoms with Crippen LogP contribution in [-0.2, 0) is 4.74 Å². The fourth-order valence-electron chi connectivity index (χ4n) is 0.516. The van der Waals surface area contributed by atoms with Gasteiger partial charge in [-0.1, -0.05) is 0 Å². The van der Waals surface area contributed by atoms with Crippen LogP contribution in [0.3, 0.4) is 0 Å². The van der Waals surface area contributed by atoms with Crippen molar-refractivity contribution in [2.75, 3.05) is 7.11 Å². The van der Waals surface area contributed by atoms with E-state index < -0.39 is 5.76 Å². The van der Waals surface area contributed by atoms with Gasteiger partial charge in [0, 0.05) is 7.11 Å². The number of rotatable bonds is 2. The number of aromatic nitrogens is 2. The van der Waals surface area contributed by atoms with Crippen molar-refractivity contribution in [3.8, 4) is 0 Å². The van der Waals surface area contributed by atoms with Crippen molar-refractivity contribution < 1.29 is 9.15 Å². The first kappa shape index (κ1) is 7.01. The van der Waals surface area contributed by atoms with Gasteiger partial charge in [0.05, 0.1) is 0 Å². The Labute approximate surface area is 57.0 Å². The quantitative estimate of drug-likeness (QED) is 0.637. The summed E-state index contributed by atoms with van der Waals surface area (Å²) in [6.45, 7) is 1.74. The van der Waals surface area contributed by atoms with Crippen molar-refractivity contribution in [3.05, 3.63) is 16.4 Å². The third kappa shape index (κ3) is 1.24. The molecule has 5 heteroatoms. The first-order valence-corrected chi connectivity index (χ1v) is 2.82. The lowest BCUT2D eigenvalue weighted by molar-refractivity contribution is 0.0935. The van der Waals surface area contributed by atoms with Crippen LogP contribution in [0.25, 0.3) is 0 Å². The van der Waals surface area contributed by atoms with Crippen molar-refractivity contribution in [2.45, 2.75) is 13.0 Å². The largest absolute Gasteiger partial charge is 0.434 e. The molecule has 0 aromatic carbocycles. The maximum absolute atomic E-state index is 10.4. The fraction of sp³-hybridized carbons (Fsp3) is 0.600. The number of methoxy groups -OCH3 is 1.